The van der Waals surface area contributed by atoms with Gasteiger partial charge in [-0.3, -0.25) is 9.59 Å². The van der Waals surface area contributed by atoms with Gasteiger partial charge in [0.25, 0.3) is 5.91 Å². The van der Waals surface area contributed by atoms with Crippen molar-refractivity contribution in [3.63, 3.8) is 0 Å². The first kappa shape index (κ1) is 17.1. The number of hydrogen-bond donors (Lipinski definition) is 3. The van der Waals surface area contributed by atoms with Crippen molar-refractivity contribution < 1.29 is 14.3 Å². The van der Waals surface area contributed by atoms with E-state index in [9.17, 15) is 9.59 Å². The highest BCUT2D eigenvalue weighted by atomic mass is 16.5. The molecule has 0 fully saturated rings. The molecule has 0 saturated carbocycles. The molecular formula is C15H23N3O3. The fourth-order valence-corrected chi connectivity index (χ4v) is 1.80. The maximum atomic E-state index is 11.5. The summed E-state index contributed by atoms with van der Waals surface area (Å²) in [5, 5.41) is 8.39. The van der Waals surface area contributed by atoms with Crippen LogP contribution in [0, 0.1) is 0 Å². The van der Waals surface area contributed by atoms with E-state index in [0.29, 0.717) is 31.7 Å². The lowest BCUT2D eigenvalue weighted by molar-refractivity contribution is -0.120. The first-order chi connectivity index (χ1) is 10.2. The Morgan fingerprint density at radius 3 is 2.76 bits per heavy atom. The normalized spacial score (nSPS) is 10.2. The minimum Gasteiger partial charge on any atom is -0.383 e. The monoisotopic (exact) mass is 293 g/mol. The predicted molar refractivity (Wildman–Crippen MR) is 81.3 cm³/mol. The molecule has 0 spiro atoms. The molecule has 1 rings (SSSR count). The van der Waals surface area contributed by atoms with Crippen molar-refractivity contribution in [1.29, 1.82) is 0 Å². The second-order valence-electron chi connectivity index (χ2n) is 4.55. The number of benzene rings is 1. The van der Waals surface area contributed by atoms with Crippen LogP contribution < -0.4 is 16.0 Å². The molecule has 0 aromatic heterocycles. The van der Waals surface area contributed by atoms with Gasteiger partial charge in [0.1, 0.15) is 0 Å². The number of hydrogen-bond acceptors (Lipinski definition) is 4. The summed E-state index contributed by atoms with van der Waals surface area (Å²) in [5.74, 6) is -0.156. The molecule has 0 bridgehead atoms. The number of nitrogens with one attached hydrogen (secondary N) is 3. The van der Waals surface area contributed by atoms with Crippen LogP contribution in [0.1, 0.15) is 15.9 Å². The summed E-state index contributed by atoms with van der Waals surface area (Å²) in [6, 6.07) is 7.38. The van der Waals surface area contributed by atoms with E-state index in [1.165, 1.54) is 0 Å². The van der Waals surface area contributed by atoms with Crippen LogP contribution in [-0.4, -0.2) is 52.2 Å². The lowest BCUT2D eigenvalue weighted by atomic mass is 10.1. The Bertz CT molecular complexity index is 463. The Hall–Kier alpha value is -1.92. The number of ether oxygens (including phenoxy) is 1. The molecule has 116 valence electrons. The molecule has 0 aliphatic rings. The summed E-state index contributed by atoms with van der Waals surface area (Å²) < 4.78 is 4.88. The van der Waals surface area contributed by atoms with Gasteiger partial charge in [-0.25, -0.2) is 0 Å². The molecule has 6 nitrogen and oxygen atoms in total. The first-order valence-corrected chi connectivity index (χ1v) is 6.94. The van der Waals surface area contributed by atoms with Gasteiger partial charge in [-0.2, -0.15) is 0 Å². The summed E-state index contributed by atoms with van der Waals surface area (Å²) in [4.78, 5) is 23.1. The van der Waals surface area contributed by atoms with Gasteiger partial charge in [-0.05, 0) is 24.1 Å². The van der Waals surface area contributed by atoms with E-state index < -0.39 is 0 Å². The molecule has 0 heterocycles. The van der Waals surface area contributed by atoms with Gasteiger partial charge in [0.2, 0.25) is 5.91 Å². The maximum Gasteiger partial charge on any atom is 0.251 e. The van der Waals surface area contributed by atoms with E-state index in [2.05, 4.69) is 16.0 Å². The Kier molecular flexibility index (Phi) is 8.08. The zero-order valence-electron chi connectivity index (χ0n) is 12.6. The van der Waals surface area contributed by atoms with E-state index >= 15 is 0 Å². The standard InChI is InChI=1S/C15H23N3O3/c1-16-15(20)13-5-3-4-12(10-13)6-7-18-14(19)11-17-8-9-21-2/h3-5,10,17H,6-9,11H2,1-2H3,(H,16,20)(H,18,19). The second kappa shape index (κ2) is 9.90. The van der Waals surface area contributed by atoms with Crippen molar-refractivity contribution >= 4 is 11.8 Å². The Morgan fingerprint density at radius 2 is 2.05 bits per heavy atom. The highest BCUT2D eigenvalue weighted by Crippen LogP contribution is 2.05. The van der Waals surface area contributed by atoms with Gasteiger partial charge in [-0.1, -0.05) is 12.1 Å². The Labute approximate surface area is 125 Å². The summed E-state index contributed by atoms with van der Waals surface area (Å²) in [6.07, 6.45) is 0.689. The molecule has 1 aromatic rings. The van der Waals surface area contributed by atoms with Crippen molar-refractivity contribution in [3.8, 4) is 0 Å². The largest absolute Gasteiger partial charge is 0.383 e. The summed E-state index contributed by atoms with van der Waals surface area (Å²) in [7, 11) is 3.22. The van der Waals surface area contributed by atoms with Crippen LogP contribution in [0.15, 0.2) is 24.3 Å². The number of carbonyl (C=O) groups excluding carboxylic acids is 2. The zero-order valence-corrected chi connectivity index (χ0v) is 12.6. The molecule has 0 aliphatic heterocycles. The molecule has 0 atom stereocenters. The summed E-state index contributed by atoms with van der Waals surface area (Å²) >= 11 is 0. The van der Waals surface area contributed by atoms with Crippen molar-refractivity contribution in [2.45, 2.75) is 6.42 Å². The third-order valence-electron chi connectivity index (χ3n) is 2.92. The highest BCUT2D eigenvalue weighted by Gasteiger charge is 2.04. The van der Waals surface area contributed by atoms with Crippen LogP contribution in [0.3, 0.4) is 0 Å². The number of amides is 2. The molecule has 2 amide bonds. The molecule has 0 unspecified atom stereocenters. The van der Waals surface area contributed by atoms with Crippen LogP contribution >= 0.6 is 0 Å². The van der Waals surface area contributed by atoms with Crippen LogP contribution in [0.2, 0.25) is 0 Å². The van der Waals surface area contributed by atoms with Crippen molar-refractivity contribution in [1.82, 2.24) is 16.0 Å². The SMILES string of the molecule is CNC(=O)c1cccc(CCNC(=O)CNCCOC)c1. The van der Waals surface area contributed by atoms with Crippen molar-refractivity contribution in [3.05, 3.63) is 35.4 Å². The van der Waals surface area contributed by atoms with E-state index in [1.54, 1.807) is 20.2 Å². The van der Waals surface area contributed by atoms with Gasteiger partial charge in [0.15, 0.2) is 0 Å². The van der Waals surface area contributed by atoms with E-state index in [4.69, 9.17) is 4.74 Å². The Morgan fingerprint density at radius 1 is 1.24 bits per heavy atom. The average molecular weight is 293 g/mol. The zero-order chi connectivity index (χ0) is 15.5. The van der Waals surface area contributed by atoms with E-state index in [-0.39, 0.29) is 18.4 Å². The minimum atomic E-state index is -0.108. The molecule has 21 heavy (non-hydrogen) atoms. The van der Waals surface area contributed by atoms with Gasteiger partial charge >= 0.3 is 0 Å². The van der Waals surface area contributed by atoms with Crippen molar-refractivity contribution in [2.75, 3.05) is 40.4 Å². The first-order valence-electron chi connectivity index (χ1n) is 6.94. The van der Waals surface area contributed by atoms with Gasteiger partial charge < -0.3 is 20.7 Å². The summed E-state index contributed by atoms with van der Waals surface area (Å²) in [5.41, 5.74) is 1.64. The van der Waals surface area contributed by atoms with Gasteiger partial charge in [0, 0.05) is 32.8 Å². The fraction of sp³-hybridized carbons (Fsp3) is 0.467. The van der Waals surface area contributed by atoms with Crippen LogP contribution in [-0.2, 0) is 16.0 Å². The predicted octanol–water partition coefficient (Wildman–Crippen LogP) is -0.0591. The Balaban J connectivity index is 2.29. The highest BCUT2D eigenvalue weighted by molar-refractivity contribution is 5.94. The molecule has 1 aromatic carbocycles. The van der Waals surface area contributed by atoms with E-state index in [1.807, 2.05) is 18.2 Å². The minimum absolute atomic E-state index is 0.0476. The molecule has 0 radical (unpaired) electrons. The van der Waals surface area contributed by atoms with Crippen molar-refractivity contribution in [2.24, 2.45) is 0 Å². The van der Waals surface area contributed by atoms with Crippen LogP contribution in [0.4, 0.5) is 0 Å². The quantitative estimate of drug-likeness (QED) is 0.557. The smallest absolute Gasteiger partial charge is 0.251 e. The lowest BCUT2D eigenvalue weighted by Crippen LogP contribution is -2.36. The molecule has 3 N–H and O–H groups in total. The summed E-state index contributed by atoms with van der Waals surface area (Å²) in [6.45, 7) is 2.06. The maximum absolute atomic E-state index is 11.5. The van der Waals surface area contributed by atoms with Gasteiger partial charge in [-0.15, -0.1) is 0 Å². The van der Waals surface area contributed by atoms with E-state index in [0.717, 1.165) is 5.56 Å². The lowest BCUT2D eigenvalue weighted by Gasteiger charge is -2.07. The van der Waals surface area contributed by atoms with Gasteiger partial charge in [0.05, 0.1) is 13.2 Å². The molecule has 0 aliphatic carbocycles. The van der Waals surface area contributed by atoms with Crippen LogP contribution in [0.25, 0.3) is 0 Å². The molecular weight excluding hydrogens is 270 g/mol. The number of rotatable bonds is 9. The third-order valence-corrected chi connectivity index (χ3v) is 2.92. The topological polar surface area (TPSA) is 79.5 Å². The third kappa shape index (κ3) is 6.87. The average Bonchev–Trinajstić information content (AvgIpc) is 2.51. The molecule has 0 saturated heterocycles. The molecule has 6 heteroatoms. The second-order valence-corrected chi connectivity index (χ2v) is 4.55. The number of methoxy groups -OCH3 is 1. The number of carbonyl (C=O) groups is 2. The fourth-order valence-electron chi connectivity index (χ4n) is 1.80. The van der Waals surface area contributed by atoms with Crippen LogP contribution in [0.5, 0.6) is 0 Å².